The van der Waals surface area contributed by atoms with E-state index in [4.69, 9.17) is 4.74 Å². The van der Waals surface area contributed by atoms with E-state index in [9.17, 15) is 0 Å². The third kappa shape index (κ3) is 2.79. The first-order valence-electron chi connectivity index (χ1n) is 4.76. The fraction of sp³-hybridized carbons (Fsp3) is 0.600. The Morgan fingerprint density at radius 1 is 1.54 bits per heavy atom. The van der Waals surface area contributed by atoms with Crippen LogP contribution in [-0.4, -0.2) is 19.7 Å². The summed E-state index contributed by atoms with van der Waals surface area (Å²) >= 11 is 1.76. The molecule has 0 aliphatic carbocycles. The lowest BCUT2D eigenvalue weighted by Gasteiger charge is -2.26. The molecule has 1 saturated heterocycles. The smallest absolute Gasteiger partial charge is 0.0809 e. The van der Waals surface area contributed by atoms with E-state index in [0.29, 0.717) is 0 Å². The van der Waals surface area contributed by atoms with E-state index >= 15 is 0 Å². The Morgan fingerprint density at radius 3 is 3.08 bits per heavy atom. The summed E-state index contributed by atoms with van der Waals surface area (Å²) in [5.74, 6) is 0.864. The van der Waals surface area contributed by atoms with Crippen molar-refractivity contribution in [3.05, 3.63) is 22.4 Å². The number of ether oxygens (including phenoxy) is 1. The highest BCUT2D eigenvalue weighted by Crippen LogP contribution is 2.12. The number of hydrogen-bond acceptors (Lipinski definition) is 3. The van der Waals surface area contributed by atoms with Gasteiger partial charge >= 0.3 is 0 Å². The van der Waals surface area contributed by atoms with Crippen LogP contribution in [0.1, 0.15) is 11.3 Å². The Bertz CT molecular complexity index is 231. The van der Waals surface area contributed by atoms with Gasteiger partial charge in [0.05, 0.1) is 6.61 Å². The van der Waals surface area contributed by atoms with Crippen LogP contribution in [0.15, 0.2) is 17.5 Å². The van der Waals surface area contributed by atoms with Crippen LogP contribution in [0.5, 0.6) is 0 Å². The van der Waals surface area contributed by atoms with E-state index in [1.165, 1.54) is 24.4 Å². The van der Waals surface area contributed by atoms with Crippen LogP contribution in [0.2, 0.25) is 0 Å². The van der Waals surface area contributed by atoms with Gasteiger partial charge in [0.1, 0.15) is 0 Å². The summed E-state index contributed by atoms with van der Waals surface area (Å²) in [7, 11) is 0. The molecule has 2 heterocycles. The maximum atomic E-state index is 5.57. The quantitative estimate of drug-likeness (QED) is 0.728. The molecule has 0 spiro atoms. The van der Waals surface area contributed by atoms with Crippen molar-refractivity contribution < 1.29 is 4.74 Å². The van der Waals surface area contributed by atoms with E-state index in [0.717, 1.165) is 19.1 Å². The second-order valence-corrected chi connectivity index (χ2v) is 4.48. The van der Waals surface area contributed by atoms with Crippen molar-refractivity contribution in [2.24, 2.45) is 5.92 Å². The Kier molecular flexibility index (Phi) is 3.35. The van der Waals surface area contributed by atoms with Gasteiger partial charge < -0.3 is 10.1 Å². The van der Waals surface area contributed by atoms with Gasteiger partial charge in [0.15, 0.2) is 0 Å². The van der Waals surface area contributed by atoms with Crippen LogP contribution in [-0.2, 0) is 11.3 Å². The van der Waals surface area contributed by atoms with Crippen LogP contribution >= 0.6 is 11.3 Å². The van der Waals surface area contributed by atoms with Gasteiger partial charge in [0.2, 0.25) is 0 Å². The minimum Gasteiger partial charge on any atom is -0.376 e. The predicted molar refractivity (Wildman–Crippen MR) is 55.0 cm³/mol. The molecule has 1 aromatic rings. The maximum Gasteiger partial charge on any atom is 0.0809 e. The summed E-state index contributed by atoms with van der Waals surface area (Å²) in [6.07, 6.45) is 1.21. The first kappa shape index (κ1) is 9.19. The van der Waals surface area contributed by atoms with Crippen LogP contribution in [0.4, 0.5) is 0 Å². The number of rotatable bonds is 5. The Morgan fingerprint density at radius 2 is 2.46 bits per heavy atom. The molecule has 1 N–H and O–H groups in total. The third-order valence-electron chi connectivity index (χ3n) is 2.36. The molecule has 3 heteroatoms. The van der Waals surface area contributed by atoms with Gasteiger partial charge in [-0.05, 0) is 36.9 Å². The summed E-state index contributed by atoms with van der Waals surface area (Å²) in [4.78, 5) is 1.33. The minimum absolute atomic E-state index is 0.789. The highest BCUT2D eigenvalue weighted by molar-refractivity contribution is 7.09. The van der Waals surface area contributed by atoms with Crippen molar-refractivity contribution in [1.29, 1.82) is 0 Å². The summed E-state index contributed by atoms with van der Waals surface area (Å²) in [6, 6.07) is 4.19. The lowest BCUT2D eigenvalue weighted by molar-refractivity contribution is 0.101. The van der Waals surface area contributed by atoms with E-state index in [1.54, 1.807) is 11.3 Å². The second kappa shape index (κ2) is 4.74. The molecule has 13 heavy (non-hydrogen) atoms. The molecular formula is C10H15NOS. The largest absolute Gasteiger partial charge is 0.376 e. The third-order valence-corrected chi connectivity index (χ3v) is 3.21. The van der Waals surface area contributed by atoms with E-state index < -0.39 is 0 Å². The van der Waals surface area contributed by atoms with Crippen LogP contribution in [0.3, 0.4) is 0 Å². The van der Waals surface area contributed by atoms with E-state index in [-0.39, 0.29) is 0 Å². The number of hydrogen-bond donors (Lipinski definition) is 1. The molecule has 0 atom stereocenters. The zero-order chi connectivity index (χ0) is 8.93. The van der Waals surface area contributed by atoms with Crippen molar-refractivity contribution in [3.8, 4) is 0 Å². The number of thiophene rings is 1. The molecule has 0 saturated carbocycles. The summed E-state index contributed by atoms with van der Waals surface area (Å²) in [6.45, 7) is 4.06. The lowest BCUT2D eigenvalue weighted by atomic mass is 10.0. The van der Waals surface area contributed by atoms with Crippen molar-refractivity contribution in [2.75, 3.05) is 19.7 Å². The van der Waals surface area contributed by atoms with Gasteiger partial charge in [-0.15, -0.1) is 11.3 Å². The van der Waals surface area contributed by atoms with Gasteiger partial charge in [-0.3, -0.25) is 0 Å². The van der Waals surface area contributed by atoms with Gasteiger partial charge in [0, 0.05) is 11.5 Å². The van der Waals surface area contributed by atoms with Crippen LogP contribution in [0, 0.1) is 5.92 Å². The number of nitrogens with one attached hydrogen (secondary N) is 1. The molecule has 0 aromatic carbocycles. The topological polar surface area (TPSA) is 21.3 Å². The molecule has 1 aliphatic heterocycles. The summed E-state index contributed by atoms with van der Waals surface area (Å²) < 4.78 is 5.57. The van der Waals surface area contributed by atoms with Crippen molar-refractivity contribution in [2.45, 2.75) is 13.0 Å². The predicted octanol–water partition coefficient (Wildman–Crippen LogP) is 1.87. The maximum absolute atomic E-state index is 5.57. The molecule has 0 amide bonds. The SMILES string of the molecule is c1csc(COCCC2CNC2)c1. The minimum atomic E-state index is 0.789. The highest BCUT2D eigenvalue weighted by Gasteiger charge is 2.15. The molecule has 1 fully saturated rings. The average Bonchev–Trinajstić information content (AvgIpc) is 2.53. The van der Waals surface area contributed by atoms with Gasteiger partial charge in [-0.25, -0.2) is 0 Å². The van der Waals surface area contributed by atoms with Crippen molar-refractivity contribution in [1.82, 2.24) is 5.32 Å². The second-order valence-electron chi connectivity index (χ2n) is 3.44. The molecule has 0 bridgehead atoms. The zero-order valence-electron chi connectivity index (χ0n) is 7.66. The first-order chi connectivity index (χ1) is 6.45. The molecule has 1 aromatic heterocycles. The van der Waals surface area contributed by atoms with Crippen molar-refractivity contribution >= 4 is 11.3 Å². The van der Waals surface area contributed by atoms with E-state index in [1.807, 2.05) is 0 Å². The highest BCUT2D eigenvalue weighted by atomic mass is 32.1. The fourth-order valence-electron chi connectivity index (χ4n) is 1.37. The van der Waals surface area contributed by atoms with E-state index in [2.05, 4.69) is 22.8 Å². The fourth-order valence-corrected chi connectivity index (χ4v) is 2.01. The summed E-state index contributed by atoms with van der Waals surface area (Å²) in [5, 5.41) is 5.35. The summed E-state index contributed by atoms with van der Waals surface area (Å²) in [5.41, 5.74) is 0. The van der Waals surface area contributed by atoms with Crippen LogP contribution in [0.25, 0.3) is 0 Å². The normalized spacial score (nSPS) is 17.2. The lowest BCUT2D eigenvalue weighted by Crippen LogP contribution is -2.42. The van der Waals surface area contributed by atoms with Crippen LogP contribution < -0.4 is 5.32 Å². The Balaban J connectivity index is 1.53. The standard InChI is InChI=1S/C10H15NOS/c1-2-10(13-5-1)8-12-4-3-9-6-11-7-9/h1-2,5,9,11H,3-4,6-8H2. The molecular weight excluding hydrogens is 182 g/mol. The van der Waals surface area contributed by atoms with Crippen molar-refractivity contribution in [3.63, 3.8) is 0 Å². The molecule has 2 rings (SSSR count). The van der Waals surface area contributed by atoms with Gasteiger partial charge in [-0.2, -0.15) is 0 Å². The molecule has 2 nitrogen and oxygen atoms in total. The van der Waals surface area contributed by atoms with Gasteiger partial charge in [0.25, 0.3) is 0 Å². The van der Waals surface area contributed by atoms with Gasteiger partial charge in [-0.1, -0.05) is 6.07 Å². The monoisotopic (exact) mass is 197 g/mol. The molecule has 0 unspecified atom stereocenters. The Hall–Kier alpha value is -0.380. The molecule has 72 valence electrons. The Labute approximate surface area is 82.9 Å². The molecule has 0 radical (unpaired) electrons. The zero-order valence-corrected chi connectivity index (χ0v) is 8.48. The average molecular weight is 197 g/mol. The molecule has 1 aliphatic rings. The first-order valence-corrected chi connectivity index (χ1v) is 5.64.